The lowest BCUT2D eigenvalue weighted by atomic mass is 10.0. The highest BCUT2D eigenvalue weighted by Gasteiger charge is 2.13. The van der Waals surface area contributed by atoms with Crippen LogP contribution in [0.4, 0.5) is 5.13 Å². The first-order valence-electron chi connectivity index (χ1n) is 7.39. The minimum atomic E-state index is -0.365. The summed E-state index contributed by atoms with van der Waals surface area (Å²) in [5, 5.41) is 12.5. The number of hydrogen-bond acceptors (Lipinski definition) is 5. The highest BCUT2D eigenvalue weighted by atomic mass is 35.5. The van der Waals surface area contributed by atoms with Crippen molar-refractivity contribution < 1.29 is 4.79 Å². The summed E-state index contributed by atoms with van der Waals surface area (Å²) in [5.74, 6) is 0.115. The second-order valence-corrected chi connectivity index (χ2v) is 6.92. The van der Waals surface area contributed by atoms with Gasteiger partial charge in [0, 0.05) is 16.8 Å². The topological polar surface area (TPSA) is 67.8 Å². The van der Waals surface area contributed by atoms with E-state index in [1.54, 1.807) is 6.07 Å². The van der Waals surface area contributed by atoms with Crippen molar-refractivity contribution in [1.29, 1.82) is 0 Å². The second-order valence-electron chi connectivity index (χ2n) is 5.50. The quantitative estimate of drug-likeness (QED) is 0.738. The minimum Gasteiger partial charge on any atom is -0.295 e. The molecule has 2 aromatic heterocycles. The Morgan fingerprint density at radius 1 is 1.17 bits per heavy atom. The summed E-state index contributed by atoms with van der Waals surface area (Å²) in [4.78, 5) is 16.1. The smallest absolute Gasteiger partial charge is 0.276 e. The van der Waals surface area contributed by atoms with Gasteiger partial charge in [0.05, 0.1) is 0 Å². The van der Waals surface area contributed by atoms with E-state index >= 15 is 0 Å². The van der Waals surface area contributed by atoms with Gasteiger partial charge in [0.25, 0.3) is 5.91 Å². The number of halogens is 1. The van der Waals surface area contributed by atoms with Crippen LogP contribution in [0, 0.1) is 0 Å². The minimum absolute atomic E-state index is 0.237. The third-order valence-corrected chi connectivity index (χ3v) is 4.55. The van der Waals surface area contributed by atoms with Crippen LogP contribution in [-0.2, 0) is 0 Å². The van der Waals surface area contributed by atoms with E-state index in [1.807, 2.05) is 12.1 Å². The first-order chi connectivity index (χ1) is 11.5. The summed E-state index contributed by atoms with van der Waals surface area (Å²) in [7, 11) is 0. The summed E-state index contributed by atoms with van der Waals surface area (Å²) in [6.45, 7) is 4.30. The maximum atomic E-state index is 12.1. The molecule has 5 nitrogen and oxygen atoms in total. The van der Waals surface area contributed by atoms with Crippen molar-refractivity contribution in [2.45, 2.75) is 19.8 Å². The molecule has 3 rings (SSSR count). The fraction of sp³-hybridized carbons (Fsp3) is 0.176. The Kier molecular flexibility index (Phi) is 4.87. The van der Waals surface area contributed by atoms with Crippen LogP contribution in [0.1, 0.15) is 35.8 Å². The first-order valence-corrected chi connectivity index (χ1v) is 8.59. The average Bonchev–Trinajstić information content (AvgIpc) is 3.03. The largest absolute Gasteiger partial charge is 0.295 e. The number of benzene rings is 1. The lowest BCUT2D eigenvalue weighted by Crippen LogP contribution is -2.13. The SMILES string of the molecule is CC(C)c1ccc(-c2nnc(NC(=O)c3cc(Cl)ccn3)s2)cc1. The summed E-state index contributed by atoms with van der Waals surface area (Å²) in [6.07, 6.45) is 1.49. The molecular weight excluding hydrogens is 344 g/mol. The zero-order valence-electron chi connectivity index (χ0n) is 13.2. The van der Waals surface area contributed by atoms with E-state index in [9.17, 15) is 4.79 Å². The highest BCUT2D eigenvalue weighted by molar-refractivity contribution is 7.18. The summed E-state index contributed by atoms with van der Waals surface area (Å²) < 4.78 is 0. The number of nitrogens with one attached hydrogen (secondary N) is 1. The number of anilines is 1. The van der Waals surface area contributed by atoms with Gasteiger partial charge in [-0.15, -0.1) is 10.2 Å². The van der Waals surface area contributed by atoms with Crippen LogP contribution < -0.4 is 5.32 Å². The van der Waals surface area contributed by atoms with Crippen LogP contribution in [-0.4, -0.2) is 21.1 Å². The zero-order valence-corrected chi connectivity index (χ0v) is 14.7. The number of carbonyl (C=O) groups is 1. The Hall–Kier alpha value is -2.31. The standard InChI is InChI=1S/C17H15ClN4OS/c1-10(2)11-3-5-12(6-4-11)16-21-22-17(24-16)20-15(23)14-9-13(18)7-8-19-14/h3-10H,1-2H3,(H,20,22,23). The van der Waals surface area contributed by atoms with E-state index in [2.05, 4.69) is 46.5 Å². The monoisotopic (exact) mass is 358 g/mol. The second kappa shape index (κ2) is 7.07. The van der Waals surface area contributed by atoms with Crippen molar-refractivity contribution >= 4 is 34.0 Å². The summed E-state index contributed by atoms with van der Waals surface area (Å²) >= 11 is 7.18. The van der Waals surface area contributed by atoms with Crippen LogP contribution in [0.3, 0.4) is 0 Å². The first kappa shape index (κ1) is 16.5. The molecule has 0 spiro atoms. The van der Waals surface area contributed by atoms with E-state index in [1.165, 1.54) is 29.2 Å². The molecule has 0 fully saturated rings. The molecule has 122 valence electrons. The van der Waals surface area contributed by atoms with Crippen LogP contribution >= 0.6 is 22.9 Å². The summed E-state index contributed by atoms with van der Waals surface area (Å²) in [5.41, 5.74) is 2.47. The van der Waals surface area contributed by atoms with E-state index in [0.29, 0.717) is 16.1 Å². The predicted molar refractivity (Wildman–Crippen MR) is 96.6 cm³/mol. The molecule has 0 aliphatic carbocycles. The van der Waals surface area contributed by atoms with Crippen LogP contribution in [0.25, 0.3) is 10.6 Å². The Labute approximate surface area is 148 Å². The number of rotatable bonds is 4. The fourth-order valence-corrected chi connectivity index (χ4v) is 2.99. The molecule has 0 unspecified atom stereocenters. The molecule has 24 heavy (non-hydrogen) atoms. The molecule has 0 saturated heterocycles. The lowest BCUT2D eigenvalue weighted by molar-refractivity contribution is 0.102. The molecule has 0 saturated carbocycles. The van der Waals surface area contributed by atoms with Gasteiger partial charge in [-0.2, -0.15) is 0 Å². The number of pyridine rings is 1. The van der Waals surface area contributed by atoms with Gasteiger partial charge in [0.15, 0.2) is 0 Å². The highest BCUT2D eigenvalue weighted by Crippen LogP contribution is 2.28. The van der Waals surface area contributed by atoms with Crippen molar-refractivity contribution in [3.05, 3.63) is 58.9 Å². The van der Waals surface area contributed by atoms with Crippen molar-refractivity contribution in [2.24, 2.45) is 0 Å². The molecule has 2 heterocycles. The van der Waals surface area contributed by atoms with Crippen LogP contribution in [0.5, 0.6) is 0 Å². The van der Waals surface area contributed by atoms with E-state index in [-0.39, 0.29) is 11.6 Å². The fourth-order valence-electron chi connectivity index (χ4n) is 2.09. The molecule has 0 aliphatic heterocycles. The number of carbonyl (C=O) groups excluding carboxylic acids is 1. The maximum absolute atomic E-state index is 12.1. The lowest BCUT2D eigenvalue weighted by Gasteiger charge is -2.04. The Morgan fingerprint density at radius 3 is 2.58 bits per heavy atom. The Morgan fingerprint density at radius 2 is 1.92 bits per heavy atom. The maximum Gasteiger partial charge on any atom is 0.276 e. The van der Waals surface area contributed by atoms with E-state index in [0.717, 1.165) is 10.6 Å². The number of aromatic nitrogens is 3. The van der Waals surface area contributed by atoms with Gasteiger partial charge in [-0.05, 0) is 23.6 Å². The third kappa shape index (κ3) is 3.77. The van der Waals surface area contributed by atoms with Crippen molar-refractivity contribution in [3.8, 4) is 10.6 Å². The third-order valence-electron chi connectivity index (χ3n) is 3.42. The van der Waals surface area contributed by atoms with E-state index < -0.39 is 0 Å². The van der Waals surface area contributed by atoms with Gasteiger partial charge in [-0.3, -0.25) is 15.1 Å². The van der Waals surface area contributed by atoms with Crippen LogP contribution in [0.2, 0.25) is 5.02 Å². The molecule has 1 N–H and O–H groups in total. The van der Waals surface area contributed by atoms with Gasteiger partial charge >= 0.3 is 0 Å². The average molecular weight is 359 g/mol. The van der Waals surface area contributed by atoms with Gasteiger partial charge in [-0.25, -0.2) is 0 Å². The number of nitrogens with zero attached hydrogens (tertiary/aromatic N) is 3. The molecule has 0 radical (unpaired) electrons. The van der Waals surface area contributed by atoms with Gasteiger partial charge in [0.2, 0.25) is 5.13 Å². The zero-order chi connectivity index (χ0) is 17.1. The Balaban J connectivity index is 1.74. The number of amides is 1. The Bertz CT molecular complexity index is 861. The normalized spacial score (nSPS) is 10.8. The molecular formula is C17H15ClN4OS. The molecule has 3 aromatic rings. The van der Waals surface area contributed by atoms with E-state index in [4.69, 9.17) is 11.6 Å². The number of hydrogen-bond donors (Lipinski definition) is 1. The summed E-state index contributed by atoms with van der Waals surface area (Å²) in [6, 6.07) is 11.3. The van der Waals surface area contributed by atoms with Crippen molar-refractivity contribution in [1.82, 2.24) is 15.2 Å². The van der Waals surface area contributed by atoms with Crippen LogP contribution in [0.15, 0.2) is 42.6 Å². The molecule has 7 heteroatoms. The van der Waals surface area contributed by atoms with Crippen molar-refractivity contribution in [2.75, 3.05) is 5.32 Å². The molecule has 0 bridgehead atoms. The predicted octanol–water partition coefficient (Wildman–Crippen LogP) is 4.63. The van der Waals surface area contributed by atoms with Gasteiger partial charge < -0.3 is 0 Å². The van der Waals surface area contributed by atoms with Gasteiger partial charge in [0.1, 0.15) is 10.7 Å². The van der Waals surface area contributed by atoms with Crippen molar-refractivity contribution in [3.63, 3.8) is 0 Å². The molecule has 0 aliphatic rings. The molecule has 0 atom stereocenters. The molecule has 1 aromatic carbocycles. The van der Waals surface area contributed by atoms with Gasteiger partial charge in [-0.1, -0.05) is 61.1 Å². The molecule has 1 amide bonds.